The van der Waals surface area contributed by atoms with E-state index in [1.165, 1.54) is 0 Å². The Kier molecular flexibility index (Phi) is 4.62. The van der Waals surface area contributed by atoms with E-state index < -0.39 is 17.5 Å². The number of benzene rings is 1. The van der Waals surface area contributed by atoms with E-state index in [0.717, 1.165) is 18.2 Å². The molecule has 94 valence electrons. The second-order valence-corrected chi connectivity index (χ2v) is 5.17. The second-order valence-electron chi connectivity index (χ2n) is 4.60. The minimum Gasteiger partial charge on any atom is -0.351 e. The van der Waals surface area contributed by atoms with Gasteiger partial charge in [0.25, 0.3) is 5.91 Å². The maximum atomic E-state index is 13.3. The first-order valence-electron chi connectivity index (χ1n) is 5.15. The van der Waals surface area contributed by atoms with Gasteiger partial charge in [-0.3, -0.25) is 4.79 Å². The van der Waals surface area contributed by atoms with Crippen LogP contribution < -0.4 is 5.32 Å². The summed E-state index contributed by atoms with van der Waals surface area (Å²) in [5, 5.41) is 3.28. The van der Waals surface area contributed by atoms with Gasteiger partial charge in [0.1, 0.15) is 11.6 Å². The minimum atomic E-state index is -0.722. The van der Waals surface area contributed by atoms with Gasteiger partial charge in [-0.1, -0.05) is 29.8 Å². The van der Waals surface area contributed by atoms with Gasteiger partial charge in [0.15, 0.2) is 0 Å². The normalized spacial score (nSPS) is 11.4. The van der Waals surface area contributed by atoms with Crippen molar-refractivity contribution in [2.24, 2.45) is 5.41 Å². The molecule has 0 atom stereocenters. The highest BCUT2D eigenvalue weighted by molar-refractivity contribution is 9.09. The van der Waals surface area contributed by atoms with Gasteiger partial charge < -0.3 is 5.32 Å². The lowest BCUT2D eigenvalue weighted by atomic mass is 9.97. The fourth-order valence-corrected chi connectivity index (χ4v) is 1.33. The molecule has 0 bridgehead atoms. The molecule has 0 unspecified atom stereocenters. The number of amides is 1. The van der Waals surface area contributed by atoms with Gasteiger partial charge in [0.2, 0.25) is 0 Å². The molecule has 0 fully saturated rings. The predicted molar refractivity (Wildman–Crippen MR) is 66.3 cm³/mol. The van der Waals surface area contributed by atoms with E-state index in [9.17, 15) is 13.6 Å². The molecule has 0 saturated heterocycles. The van der Waals surface area contributed by atoms with Crippen molar-refractivity contribution in [1.29, 1.82) is 0 Å². The third kappa shape index (κ3) is 4.07. The molecule has 0 aromatic heterocycles. The quantitative estimate of drug-likeness (QED) is 0.851. The van der Waals surface area contributed by atoms with Crippen LogP contribution in [0.5, 0.6) is 0 Å². The van der Waals surface area contributed by atoms with Crippen LogP contribution in [0.4, 0.5) is 8.78 Å². The summed E-state index contributed by atoms with van der Waals surface area (Å²) in [4.78, 5) is 11.6. The third-order valence-corrected chi connectivity index (χ3v) is 3.78. The Morgan fingerprint density at radius 3 is 2.65 bits per heavy atom. The topological polar surface area (TPSA) is 29.1 Å². The van der Waals surface area contributed by atoms with E-state index in [4.69, 9.17) is 0 Å². The first kappa shape index (κ1) is 14.1. The molecule has 5 heteroatoms. The second kappa shape index (κ2) is 5.58. The number of halogens is 3. The summed E-state index contributed by atoms with van der Waals surface area (Å²) in [5.41, 5.74) is -0.408. The highest BCUT2D eigenvalue weighted by atomic mass is 79.9. The number of hydrogen-bond acceptors (Lipinski definition) is 1. The van der Waals surface area contributed by atoms with E-state index >= 15 is 0 Å². The zero-order chi connectivity index (χ0) is 13.1. The first-order chi connectivity index (χ1) is 7.85. The molecular weight excluding hydrogens is 292 g/mol. The van der Waals surface area contributed by atoms with E-state index in [0.29, 0.717) is 11.9 Å². The van der Waals surface area contributed by atoms with Crippen molar-refractivity contribution in [3.8, 4) is 0 Å². The number of alkyl halides is 1. The third-order valence-electron chi connectivity index (χ3n) is 2.26. The summed E-state index contributed by atoms with van der Waals surface area (Å²) in [6, 6.07) is 2.82. The smallest absolute Gasteiger partial charge is 0.254 e. The van der Waals surface area contributed by atoms with Crippen LogP contribution in [0.2, 0.25) is 0 Å². The predicted octanol–water partition coefficient (Wildman–Crippen LogP) is 3.12. The zero-order valence-electron chi connectivity index (χ0n) is 9.69. The summed E-state index contributed by atoms with van der Waals surface area (Å²) >= 11 is 3.32. The molecule has 0 saturated carbocycles. The standard InChI is InChI=1S/C12H14BrF2NO/c1-12(2,6-13)7-16-11(17)9-5-8(14)3-4-10(9)15/h3-5H,6-7H2,1-2H3,(H,16,17). The van der Waals surface area contributed by atoms with Crippen molar-refractivity contribution in [3.63, 3.8) is 0 Å². The van der Waals surface area contributed by atoms with Crippen LogP contribution in [0.15, 0.2) is 18.2 Å². The van der Waals surface area contributed by atoms with Crippen LogP contribution in [-0.2, 0) is 0 Å². The molecule has 0 spiro atoms. The molecule has 1 aromatic carbocycles. The lowest BCUT2D eigenvalue weighted by Crippen LogP contribution is -2.35. The fourth-order valence-electron chi connectivity index (χ4n) is 1.13. The molecular formula is C12H14BrF2NO. The summed E-state index contributed by atoms with van der Waals surface area (Å²) < 4.78 is 26.2. The molecule has 17 heavy (non-hydrogen) atoms. The largest absolute Gasteiger partial charge is 0.351 e. The summed E-state index contributed by atoms with van der Waals surface area (Å²) in [7, 11) is 0. The van der Waals surface area contributed by atoms with Crippen LogP contribution in [0.3, 0.4) is 0 Å². The summed E-state index contributed by atoms with van der Waals surface area (Å²) in [6.45, 7) is 4.28. The van der Waals surface area contributed by atoms with E-state index in [2.05, 4.69) is 21.2 Å². The lowest BCUT2D eigenvalue weighted by molar-refractivity contribution is 0.0935. The van der Waals surface area contributed by atoms with Crippen LogP contribution >= 0.6 is 15.9 Å². The Morgan fingerprint density at radius 1 is 1.41 bits per heavy atom. The van der Waals surface area contributed by atoms with Crippen molar-refractivity contribution >= 4 is 21.8 Å². The molecule has 0 aliphatic heterocycles. The molecule has 0 heterocycles. The Bertz CT molecular complexity index is 421. The highest BCUT2D eigenvalue weighted by Gasteiger charge is 2.19. The summed E-state index contributed by atoms with van der Waals surface area (Å²) in [5.74, 6) is -1.95. The maximum absolute atomic E-state index is 13.3. The number of hydrogen-bond donors (Lipinski definition) is 1. The summed E-state index contributed by atoms with van der Waals surface area (Å²) in [6.07, 6.45) is 0. The van der Waals surface area contributed by atoms with Crippen molar-refractivity contribution in [2.75, 3.05) is 11.9 Å². The molecule has 0 aliphatic rings. The monoisotopic (exact) mass is 305 g/mol. The molecule has 1 rings (SSSR count). The van der Waals surface area contributed by atoms with Crippen LogP contribution in [-0.4, -0.2) is 17.8 Å². The first-order valence-corrected chi connectivity index (χ1v) is 6.27. The van der Waals surface area contributed by atoms with Crippen molar-refractivity contribution in [2.45, 2.75) is 13.8 Å². The SMILES string of the molecule is CC(C)(CBr)CNC(=O)c1cc(F)ccc1F. The fraction of sp³-hybridized carbons (Fsp3) is 0.417. The van der Waals surface area contributed by atoms with Gasteiger partial charge >= 0.3 is 0 Å². The molecule has 0 aliphatic carbocycles. The molecule has 0 radical (unpaired) electrons. The van der Waals surface area contributed by atoms with Crippen molar-refractivity contribution in [3.05, 3.63) is 35.4 Å². The molecule has 1 aromatic rings. The Balaban J connectivity index is 2.74. The van der Waals surface area contributed by atoms with Gasteiger partial charge in [-0.25, -0.2) is 8.78 Å². The zero-order valence-corrected chi connectivity index (χ0v) is 11.3. The molecule has 1 amide bonds. The average Bonchev–Trinajstić information content (AvgIpc) is 2.29. The van der Waals surface area contributed by atoms with E-state index in [-0.39, 0.29) is 11.0 Å². The van der Waals surface area contributed by atoms with E-state index in [1.54, 1.807) is 0 Å². The Morgan fingerprint density at radius 2 is 2.06 bits per heavy atom. The van der Waals surface area contributed by atoms with Gasteiger partial charge in [0.05, 0.1) is 5.56 Å². The lowest BCUT2D eigenvalue weighted by Gasteiger charge is -2.21. The maximum Gasteiger partial charge on any atom is 0.254 e. The van der Waals surface area contributed by atoms with Crippen LogP contribution in [0.25, 0.3) is 0 Å². The van der Waals surface area contributed by atoms with Gasteiger partial charge in [-0.15, -0.1) is 0 Å². The van der Waals surface area contributed by atoms with Crippen molar-refractivity contribution < 1.29 is 13.6 Å². The minimum absolute atomic E-state index is 0.139. The van der Waals surface area contributed by atoms with E-state index in [1.807, 2.05) is 13.8 Å². The Labute approximate surface area is 108 Å². The Hall–Kier alpha value is -0.970. The number of carbonyl (C=O) groups is 1. The average molecular weight is 306 g/mol. The van der Waals surface area contributed by atoms with Gasteiger partial charge in [-0.05, 0) is 23.6 Å². The molecule has 2 nitrogen and oxygen atoms in total. The van der Waals surface area contributed by atoms with Gasteiger partial charge in [0, 0.05) is 11.9 Å². The van der Waals surface area contributed by atoms with Crippen LogP contribution in [0, 0.1) is 17.0 Å². The number of carbonyl (C=O) groups excluding carboxylic acids is 1. The number of nitrogens with one attached hydrogen (secondary N) is 1. The van der Waals surface area contributed by atoms with Crippen molar-refractivity contribution in [1.82, 2.24) is 5.32 Å². The molecule has 1 N–H and O–H groups in total. The van der Waals surface area contributed by atoms with Crippen LogP contribution in [0.1, 0.15) is 24.2 Å². The van der Waals surface area contributed by atoms with Gasteiger partial charge in [-0.2, -0.15) is 0 Å². The highest BCUT2D eigenvalue weighted by Crippen LogP contribution is 2.17. The number of rotatable bonds is 4.